The summed E-state index contributed by atoms with van der Waals surface area (Å²) in [5, 5.41) is 15.7. The SMILES string of the molecule is CN1CCc2cc(-c3[nH]ncc3C(=O)O)ccc21. The molecule has 5 nitrogen and oxygen atoms in total. The highest BCUT2D eigenvalue weighted by molar-refractivity contribution is 5.94. The van der Waals surface area contributed by atoms with Gasteiger partial charge in [-0.05, 0) is 24.1 Å². The van der Waals surface area contributed by atoms with Crippen molar-refractivity contribution < 1.29 is 9.90 Å². The number of aromatic nitrogens is 2. The van der Waals surface area contributed by atoms with Crippen LogP contribution >= 0.6 is 0 Å². The Labute approximate surface area is 104 Å². The summed E-state index contributed by atoms with van der Waals surface area (Å²) < 4.78 is 0. The average molecular weight is 243 g/mol. The second kappa shape index (κ2) is 3.87. The maximum atomic E-state index is 11.1. The van der Waals surface area contributed by atoms with Gasteiger partial charge >= 0.3 is 5.97 Å². The molecule has 0 unspecified atom stereocenters. The van der Waals surface area contributed by atoms with Gasteiger partial charge in [0.25, 0.3) is 0 Å². The summed E-state index contributed by atoms with van der Waals surface area (Å²) in [5.41, 5.74) is 4.12. The van der Waals surface area contributed by atoms with Crippen LogP contribution in [0.15, 0.2) is 24.4 Å². The highest BCUT2D eigenvalue weighted by atomic mass is 16.4. The number of likely N-dealkylation sites (N-methyl/N-ethyl adjacent to an activating group) is 1. The number of anilines is 1. The summed E-state index contributed by atoms with van der Waals surface area (Å²) in [7, 11) is 2.06. The smallest absolute Gasteiger partial charge is 0.339 e. The van der Waals surface area contributed by atoms with Gasteiger partial charge in [-0.15, -0.1) is 0 Å². The fourth-order valence-corrected chi connectivity index (χ4v) is 2.39. The molecule has 0 spiro atoms. The first-order chi connectivity index (χ1) is 8.66. The molecule has 0 fully saturated rings. The molecule has 0 bridgehead atoms. The predicted molar refractivity (Wildman–Crippen MR) is 68.0 cm³/mol. The van der Waals surface area contributed by atoms with Crippen molar-refractivity contribution in [2.24, 2.45) is 0 Å². The second-order valence-electron chi connectivity index (χ2n) is 4.48. The number of hydrogen-bond acceptors (Lipinski definition) is 3. The van der Waals surface area contributed by atoms with Crippen molar-refractivity contribution in [1.82, 2.24) is 10.2 Å². The van der Waals surface area contributed by atoms with Gasteiger partial charge in [-0.25, -0.2) is 4.79 Å². The van der Waals surface area contributed by atoms with Crippen molar-refractivity contribution in [2.45, 2.75) is 6.42 Å². The average Bonchev–Trinajstić information content (AvgIpc) is 2.96. The minimum atomic E-state index is -0.962. The molecule has 1 aliphatic heterocycles. The van der Waals surface area contributed by atoms with Gasteiger partial charge in [0.05, 0.1) is 11.9 Å². The van der Waals surface area contributed by atoms with Crippen LogP contribution in [0.3, 0.4) is 0 Å². The first-order valence-corrected chi connectivity index (χ1v) is 5.78. The molecular formula is C13H13N3O2. The lowest BCUT2D eigenvalue weighted by atomic mass is 10.0. The van der Waals surface area contributed by atoms with E-state index in [1.807, 2.05) is 18.2 Å². The quantitative estimate of drug-likeness (QED) is 0.843. The van der Waals surface area contributed by atoms with Gasteiger partial charge in [-0.2, -0.15) is 5.10 Å². The molecule has 0 aliphatic carbocycles. The Bertz CT molecular complexity index is 618. The maximum Gasteiger partial charge on any atom is 0.339 e. The lowest BCUT2D eigenvalue weighted by molar-refractivity contribution is 0.0698. The van der Waals surface area contributed by atoms with Crippen LogP contribution in [0.5, 0.6) is 0 Å². The number of rotatable bonds is 2. The summed E-state index contributed by atoms with van der Waals surface area (Å²) in [6, 6.07) is 6.00. The van der Waals surface area contributed by atoms with Gasteiger partial charge in [0.15, 0.2) is 0 Å². The molecule has 2 aromatic rings. The molecule has 2 heterocycles. The summed E-state index contributed by atoms with van der Waals surface area (Å²) in [4.78, 5) is 13.3. The van der Waals surface area contributed by atoms with Gasteiger partial charge in [0.2, 0.25) is 0 Å². The molecule has 0 amide bonds. The zero-order valence-corrected chi connectivity index (χ0v) is 9.97. The molecule has 1 aliphatic rings. The number of carbonyl (C=O) groups is 1. The van der Waals surface area contributed by atoms with E-state index in [9.17, 15) is 4.79 Å². The van der Waals surface area contributed by atoms with Crippen LogP contribution in [0.4, 0.5) is 5.69 Å². The number of nitrogens with one attached hydrogen (secondary N) is 1. The Morgan fingerprint density at radius 1 is 1.50 bits per heavy atom. The number of benzene rings is 1. The topological polar surface area (TPSA) is 69.2 Å². The zero-order valence-electron chi connectivity index (χ0n) is 9.97. The maximum absolute atomic E-state index is 11.1. The molecule has 5 heteroatoms. The summed E-state index contributed by atoms with van der Waals surface area (Å²) in [6.45, 7) is 1.01. The monoisotopic (exact) mass is 243 g/mol. The normalized spacial score (nSPS) is 13.7. The highest BCUT2D eigenvalue weighted by Crippen LogP contribution is 2.31. The first kappa shape index (κ1) is 10.8. The molecule has 1 aromatic heterocycles. The van der Waals surface area contributed by atoms with Crippen LogP contribution in [-0.4, -0.2) is 34.9 Å². The Morgan fingerprint density at radius 2 is 2.33 bits per heavy atom. The highest BCUT2D eigenvalue weighted by Gasteiger charge is 2.19. The van der Waals surface area contributed by atoms with Crippen molar-refractivity contribution in [3.8, 4) is 11.3 Å². The summed E-state index contributed by atoms with van der Waals surface area (Å²) in [6.07, 6.45) is 2.34. The van der Waals surface area contributed by atoms with Crippen LogP contribution in [-0.2, 0) is 6.42 Å². The first-order valence-electron chi connectivity index (χ1n) is 5.78. The van der Waals surface area contributed by atoms with Crippen LogP contribution in [0, 0.1) is 0 Å². The van der Waals surface area contributed by atoms with Crippen LogP contribution < -0.4 is 4.90 Å². The number of carboxylic acid groups (broad SMARTS) is 1. The molecular weight excluding hydrogens is 230 g/mol. The van der Waals surface area contributed by atoms with E-state index in [1.54, 1.807) is 0 Å². The number of aromatic amines is 1. The van der Waals surface area contributed by atoms with Crippen molar-refractivity contribution in [3.05, 3.63) is 35.5 Å². The summed E-state index contributed by atoms with van der Waals surface area (Å²) in [5.74, 6) is -0.962. The van der Waals surface area contributed by atoms with E-state index in [-0.39, 0.29) is 5.56 Å². The van der Waals surface area contributed by atoms with Gasteiger partial charge < -0.3 is 10.0 Å². The van der Waals surface area contributed by atoms with Gasteiger partial charge in [0.1, 0.15) is 5.56 Å². The third-order valence-corrected chi connectivity index (χ3v) is 3.37. The number of fused-ring (bicyclic) bond motifs is 1. The van der Waals surface area contributed by atoms with Crippen molar-refractivity contribution in [1.29, 1.82) is 0 Å². The summed E-state index contributed by atoms with van der Waals surface area (Å²) >= 11 is 0. The van der Waals surface area contributed by atoms with E-state index in [2.05, 4.69) is 22.1 Å². The number of hydrogen-bond donors (Lipinski definition) is 2. The standard InChI is InChI=1S/C13H13N3O2/c1-16-5-4-8-6-9(2-3-11(8)16)12-10(13(17)18)7-14-15-12/h2-3,6-7H,4-5H2,1H3,(H,14,15)(H,17,18). The molecule has 3 rings (SSSR count). The Hall–Kier alpha value is -2.30. The van der Waals surface area contributed by atoms with Gasteiger partial charge in [0, 0.05) is 24.8 Å². The molecule has 2 N–H and O–H groups in total. The van der Waals surface area contributed by atoms with Crippen LogP contribution in [0.25, 0.3) is 11.3 Å². The van der Waals surface area contributed by atoms with Crippen LogP contribution in [0.1, 0.15) is 15.9 Å². The lowest BCUT2D eigenvalue weighted by Crippen LogP contribution is -2.12. The lowest BCUT2D eigenvalue weighted by Gasteiger charge is -2.12. The number of nitrogens with zero attached hydrogens (tertiary/aromatic N) is 2. The fourth-order valence-electron chi connectivity index (χ4n) is 2.39. The van der Waals surface area contributed by atoms with E-state index in [4.69, 9.17) is 5.11 Å². The van der Waals surface area contributed by atoms with E-state index < -0.39 is 5.97 Å². The third kappa shape index (κ3) is 1.55. The second-order valence-corrected chi connectivity index (χ2v) is 4.48. The Morgan fingerprint density at radius 3 is 3.11 bits per heavy atom. The van der Waals surface area contributed by atoms with Gasteiger partial charge in [-0.1, -0.05) is 6.07 Å². The van der Waals surface area contributed by atoms with Crippen molar-refractivity contribution in [2.75, 3.05) is 18.5 Å². The van der Waals surface area contributed by atoms with Crippen molar-refractivity contribution in [3.63, 3.8) is 0 Å². The molecule has 0 saturated heterocycles. The molecule has 1 aromatic carbocycles. The van der Waals surface area contributed by atoms with E-state index in [0.717, 1.165) is 18.5 Å². The number of carboxylic acids is 1. The minimum absolute atomic E-state index is 0.210. The predicted octanol–water partition coefficient (Wildman–Crippen LogP) is 1.77. The van der Waals surface area contributed by atoms with Gasteiger partial charge in [-0.3, -0.25) is 5.10 Å². The number of H-pyrrole nitrogens is 1. The van der Waals surface area contributed by atoms with Crippen molar-refractivity contribution >= 4 is 11.7 Å². The van der Waals surface area contributed by atoms with Crippen LogP contribution in [0.2, 0.25) is 0 Å². The Kier molecular flexibility index (Phi) is 2.33. The molecule has 92 valence electrons. The molecule has 0 radical (unpaired) electrons. The Balaban J connectivity index is 2.08. The largest absolute Gasteiger partial charge is 0.478 e. The van der Waals surface area contributed by atoms with E-state index >= 15 is 0 Å². The molecule has 0 atom stereocenters. The minimum Gasteiger partial charge on any atom is -0.478 e. The molecule has 18 heavy (non-hydrogen) atoms. The zero-order chi connectivity index (χ0) is 12.7. The van der Waals surface area contributed by atoms with E-state index in [1.165, 1.54) is 17.4 Å². The number of aromatic carboxylic acids is 1. The molecule has 0 saturated carbocycles. The third-order valence-electron chi connectivity index (χ3n) is 3.37. The fraction of sp³-hybridized carbons (Fsp3) is 0.231. The van der Waals surface area contributed by atoms with E-state index in [0.29, 0.717) is 5.69 Å².